The molecule has 9 rings (SSSR count). The van der Waals surface area contributed by atoms with Crippen LogP contribution < -0.4 is 25.8 Å². The molecule has 4 saturated heterocycles. The van der Waals surface area contributed by atoms with Gasteiger partial charge in [0.15, 0.2) is 0 Å². The number of aromatic nitrogens is 3. The van der Waals surface area contributed by atoms with Gasteiger partial charge in [-0.15, -0.1) is 11.3 Å². The first kappa shape index (κ1) is 56.6. The number of nitrogens with one attached hydrogen (secondary N) is 3. The Morgan fingerprint density at radius 1 is 0.883 bits per heavy atom. The van der Waals surface area contributed by atoms with Crippen molar-refractivity contribution >= 4 is 63.3 Å². The molecule has 4 atom stereocenters. The van der Waals surface area contributed by atoms with Gasteiger partial charge in [0.25, 0.3) is 0 Å². The summed E-state index contributed by atoms with van der Waals surface area (Å²) in [4.78, 5) is 60.9. The first-order valence-corrected chi connectivity index (χ1v) is 29.6. The fourth-order valence-corrected chi connectivity index (χ4v) is 13.1. The number of hydrogen-bond donors (Lipinski definition) is 4. The van der Waals surface area contributed by atoms with E-state index in [2.05, 4.69) is 46.3 Å². The lowest BCUT2D eigenvalue weighted by Crippen LogP contribution is -2.71. The van der Waals surface area contributed by atoms with Gasteiger partial charge in [-0.3, -0.25) is 19.3 Å². The third-order valence-electron chi connectivity index (χ3n) is 16.6. The molecule has 6 heterocycles. The minimum atomic E-state index is -0.840. The Kier molecular flexibility index (Phi) is 18.0. The van der Waals surface area contributed by atoms with Gasteiger partial charge in [-0.25, -0.2) is 14.4 Å². The van der Waals surface area contributed by atoms with E-state index in [0.29, 0.717) is 34.5 Å². The number of β-amino-alcohol motifs (C(OH)–C–C–N with tert-alkyl or cyclic N) is 1. The summed E-state index contributed by atoms with van der Waals surface area (Å²) in [6, 6.07) is 14.1. The molecular weight excluding hydrogens is 1010 g/mol. The van der Waals surface area contributed by atoms with Crippen LogP contribution in [0.4, 0.5) is 16.0 Å². The van der Waals surface area contributed by atoms with E-state index in [-0.39, 0.29) is 42.5 Å². The maximum atomic E-state index is 14.7. The Morgan fingerprint density at radius 3 is 2.14 bits per heavy atom. The summed E-state index contributed by atoms with van der Waals surface area (Å²) < 4.78 is 17.0. The van der Waals surface area contributed by atoms with Gasteiger partial charge < -0.3 is 40.3 Å². The Balaban J connectivity index is 0.664. The number of thiazole rings is 1. The van der Waals surface area contributed by atoms with Crippen molar-refractivity contribution in [1.29, 1.82) is 0 Å². The van der Waals surface area contributed by atoms with Crippen LogP contribution in [-0.4, -0.2) is 131 Å². The number of piperazine rings is 1. The number of likely N-dealkylation sites (tertiary alicyclic amines) is 1. The summed E-state index contributed by atoms with van der Waals surface area (Å²) in [5.41, 5.74) is 10.0. The van der Waals surface area contributed by atoms with Gasteiger partial charge in [0.1, 0.15) is 23.4 Å². The van der Waals surface area contributed by atoms with Crippen molar-refractivity contribution in [1.82, 2.24) is 40.3 Å². The van der Waals surface area contributed by atoms with E-state index in [9.17, 15) is 23.9 Å². The lowest BCUT2D eigenvalue weighted by molar-refractivity contribution is -0.144. The van der Waals surface area contributed by atoms with Crippen LogP contribution in [0.2, 0.25) is 5.02 Å². The van der Waals surface area contributed by atoms with Crippen LogP contribution in [0.15, 0.2) is 54.0 Å². The van der Waals surface area contributed by atoms with Gasteiger partial charge >= 0.3 is 0 Å². The van der Waals surface area contributed by atoms with Gasteiger partial charge in [0.05, 0.1) is 46.0 Å². The number of aliphatic hydroxyl groups excluding tert-OH is 1. The SMILES string of the molecule is Cc1cc(Cn2c(N3CC4(CNC4)C3)nc3c(N4CCN(CCCCCCCCCCCC(=O)N[C@H](C(=O)N5C[C@H](O)C[C@H]5C(=O)N[C@@H](C)c5ccc(-c6scnc6C)cc5)C(C)(C)C)CC4)cc(Cl)cc32)cc(C)c1F. The fourth-order valence-electron chi connectivity index (χ4n) is 12.0. The van der Waals surface area contributed by atoms with E-state index >= 15 is 0 Å². The second kappa shape index (κ2) is 24.5. The zero-order chi connectivity index (χ0) is 54.6. The summed E-state index contributed by atoms with van der Waals surface area (Å²) in [5, 5.41) is 20.9. The number of rotatable bonds is 22. The lowest BCUT2D eigenvalue weighted by atomic mass is 9.75. The predicted octanol–water partition coefficient (Wildman–Crippen LogP) is 9.73. The number of aryl methyl sites for hydroxylation is 3. The number of carbonyl (C=O) groups is 3. The Labute approximate surface area is 464 Å². The molecule has 4 aliphatic heterocycles. The number of imidazole rings is 1. The summed E-state index contributed by atoms with van der Waals surface area (Å²) >= 11 is 8.50. The molecule has 3 aromatic carbocycles. The van der Waals surface area contributed by atoms with Crippen molar-refractivity contribution in [2.24, 2.45) is 10.8 Å². The minimum Gasteiger partial charge on any atom is -0.391 e. The summed E-state index contributed by atoms with van der Waals surface area (Å²) in [6.07, 6.45) is 9.59. The highest BCUT2D eigenvalue weighted by molar-refractivity contribution is 7.13. The Morgan fingerprint density at radius 2 is 1.53 bits per heavy atom. The number of carbonyl (C=O) groups excluding carboxylic acids is 3. The van der Waals surface area contributed by atoms with Gasteiger partial charge in [0, 0.05) is 82.2 Å². The van der Waals surface area contributed by atoms with E-state index < -0.39 is 23.6 Å². The van der Waals surface area contributed by atoms with Crippen molar-refractivity contribution in [3.8, 4) is 10.4 Å². The van der Waals surface area contributed by atoms with Gasteiger partial charge in [-0.1, -0.05) is 114 Å². The fraction of sp³-hybridized carbons (Fsp3) is 0.583. The van der Waals surface area contributed by atoms with Crippen LogP contribution in [-0.2, 0) is 20.9 Å². The lowest BCUT2D eigenvalue weighted by Gasteiger charge is -2.56. The number of benzene rings is 3. The zero-order valence-electron chi connectivity index (χ0n) is 46.5. The van der Waals surface area contributed by atoms with Crippen LogP contribution in [0.25, 0.3) is 21.5 Å². The molecule has 17 heteroatoms. The number of nitrogens with zero attached hydrogens (tertiary/aromatic N) is 7. The highest BCUT2D eigenvalue weighted by atomic mass is 35.5. The maximum absolute atomic E-state index is 14.7. The summed E-state index contributed by atoms with van der Waals surface area (Å²) in [6.45, 7) is 22.9. The predicted molar refractivity (Wildman–Crippen MR) is 308 cm³/mol. The molecule has 4 fully saturated rings. The highest BCUT2D eigenvalue weighted by Gasteiger charge is 2.49. The molecule has 1 spiro atoms. The largest absolute Gasteiger partial charge is 0.391 e. The molecule has 77 heavy (non-hydrogen) atoms. The van der Waals surface area contributed by atoms with Crippen molar-refractivity contribution in [3.63, 3.8) is 0 Å². The molecule has 4 N–H and O–H groups in total. The van der Waals surface area contributed by atoms with Crippen molar-refractivity contribution in [2.45, 2.75) is 150 Å². The molecule has 3 amide bonds. The quantitative estimate of drug-likeness (QED) is 0.0494. The first-order chi connectivity index (χ1) is 36.9. The zero-order valence-corrected chi connectivity index (χ0v) is 48.1. The maximum Gasteiger partial charge on any atom is 0.246 e. The topological polar surface area (TPSA) is 151 Å². The number of hydrogen-bond acceptors (Lipinski definition) is 11. The van der Waals surface area contributed by atoms with Gasteiger partial charge in [-0.05, 0) is 92.4 Å². The van der Waals surface area contributed by atoms with Crippen LogP contribution >= 0.6 is 22.9 Å². The molecule has 0 radical (unpaired) electrons. The van der Waals surface area contributed by atoms with Crippen LogP contribution in [0.3, 0.4) is 0 Å². The second-order valence-electron chi connectivity index (χ2n) is 23.9. The van der Waals surface area contributed by atoms with Crippen molar-refractivity contribution in [3.05, 3.63) is 92.8 Å². The van der Waals surface area contributed by atoms with Crippen molar-refractivity contribution in [2.75, 3.05) is 75.2 Å². The van der Waals surface area contributed by atoms with Gasteiger partial charge in [0.2, 0.25) is 23.7 Å². The highest BCUT2D eigenvalue weighted by Crippen LogP contribution is 2.41. The number of unbranched alkanes of at least 4 members (excludes halogenated alkanes) is 8. The minimum absolute atomic E-state index is 0.0411. The van der Waals surface area contributed by atoms with Gasteiger partial charge in [-0.2, -0.15) is 0 Å². The smallest absolute Gasteiger partial charge is 0.246 e. The number of fused-ring (bicyclic) bond motifs is 1. The molecule has 0 saturated carbocycles. The molecule has 0 bridgehead atoms. The average molecular weight is 1090 g/mol. The van der Waals surface area contributed by atoms with E-state index in [1.54, 1.807) is 11.3 Å². The third-order valence-corrected chi connectivity index (χ3v) is 17.8. The molecule has 416 valence electrons. The molecule has 0 unspecified atom stereocenters. The Hall–Kier alpha value is -5.13. The number of amides is 3. The number of anilines is 2. The summed E-state index contributed by atoms with van der Waals surface area (Å²) in [7, 11) is 0. The third kappa shape index (κ3) is 13.3. The van der Waals surface area contributed by atoms with E-state index in [4.69, 9.17) is 16.6 Å². The standard InChI is InChI=1S/C60H82ClFN10O4S/c1-39-27-43(28-40(2)52(39)62)32-72-49-30-46(61)29-48(53(49)67-58(72)70-36-60(37-70)34-63-35-60)69-25-23-68(24-26-69)22-16-14-12-10-8-9-11-13-15-17-51(74)66-55(59(5,6)7)57(76)71-33-47(73)31-50(71)56(75)65-41(3)44-18-20-45(21-19-44)54-42(4)64-38-77-54/h18-21,27-30,38,41,47,50,55,63,73H,8-17,22-26,31-37H2,1-7H3,(H,65,75)(H,66,74)/t41-,47+,50-,55+/m0/s1. The van der Waals surface area contributed by atoms with E-state index in [1.165, 1.54) is 37.0 Å². The molecule has 14 nitrogen and oxygen atoms in total. The molecule has 5 aromatic rings. The van der Waals surface area contributed by atoms with Crippen LogP contribution in [0, 0.1) is 37.4 Å². The summed E-state index contributed by atoms with van der Waals surface area (Å²) in [5.74, 6) is -0.00802. The average Bonchev–Trinajstić information content (AvgIpc) is 4.31. The first-order valence-electron chi connectivity index (χ1n) is 28.3. The molecule has 0 aliphatic carbocycles. The second-order valence-corrected chi connectivity index (χ2v) is 25.2. The van der Waals surface area contributed by atoms with Crippen LogP contribution in [0.1, 0.15) is 132 Å². The molecule has 2 aromatic heterocycles. The van der Waals surface area contributed by atoms with E-state index in [1.807, 2.05) is 96.4 Å². The Bertz CT molecular complexity index is 2840. The molecule has 4 aliphatic rings. The van der Waals surface area contributed by atoms with Crippen LogP contribution in [0.5, 0.6) is 0 Å². The van der Waals surface area contributed by atoms with Crippen molar-refractivity contribution < 1.29 is 23.9 Å². The normalized spacial score (nSPS) is 19.4. The van der Waals surface area contributed by atoms with E-state index in [0.717, 1.165) is 135 Å². The number of halogens is 2. The number of aliphatic hydroxyl groups is 1. The monoisotopic (exact) mass is 1090 g/mol. The molecular formula is C60H82ClFN10O4S.